The zero-order valence-corrected chi connectivity index (χ0v) is 17.5. The first-order valence-electron chi connectivity index (χ1n) is 9.53. The van der Waals surface area contributed by atoms with Gasteiger partial charge in [0.15, 0.2) is 11.5 Å². The van der Waals surface area contributed by atoms with Gasteiger partial charge in [0, 0.05) is 18.1 Å². The summed E-state index contributed by atoms with van der Waals surface area (Å²) in [6.07, 6.45) is 0.956. The molecule has 0 spiro atoms. The first-order valence-corrected chi connectivity index (χ1v) is 9.91. The van der Waals surface area contributed by atoms with Crippen molar-refractivity contribution in [3.8, 4) is 11.5 Å². The lowest BCUT2D eigenvalue weighted by Crippen LogP contribution is -2.44. The van der Waals surface area contributed by atoms with Gasteiger partial charge in [0.1, 0.15) is 0 Å². The Bertz CT molecular complexity index is 991. The van der Waals surface area contributed by atoms with Gasteiger partial charge in [-0.1, -0.05) is 17.7 Å². The van der Waals surface area contributed by atoms with Crippen LogP contribution in [0, 0.1) is 6.92 Å². The zero-order chi connectivity index (χ0) is 20.7. The number of amides is 2. The number of imide groups is 1. The van der Waals surface area contributed by atoms with Gasteiger partial charge in [0.05, 0.1) is 32.4 Å². The number of halogens is 1. The summed E-state index contributed by atoms with van der Waals surface area (Å²) >= 11 is 6.10. The first-order chi connectivity index (χ1) is 13.9. The van der Waals surface area contributed by atoms with Crippen molar-refractivity contribution in [1.29, 1.82) is 0 Å². The lowest BCUT2D eigenvalue weighted by atomic mass is 9.97. The van der Waals surface area contributed by atoms with E-state index in [2.05, 4.69) is 4.90 Å². The van der Waals surface area contributed by atoms with E-state index < -0.39 is 6.04 Å². The summed E-state index contributed by atoms with van der Waals surface area (Å²) in [5, 5.41) is 0.502. The minimum absolute atomic E-state index is 0.174. The molecule has 1 atom stereocenters. The van der Waals surface area contributed by atoms with Gasteiger partial charge in [-0.05, 0) is 54.3 Å². The fraction of sp³-hybridized carbons (Fsp3) is 0.364. The monoisotopic (exact) mass is 414 g/mol. The topological polar surface area (TPSA) is 59.1 Å². The highest BCUT2D eigenvalue weighted by Crippen LogP contribution is 2.36. The van der Waals surface area contributed by atoms with E-state index in [1.807, 2.05) is 25.1 Å². The van der Waals surface area contributed by atoms with E-state index in [0.717, 1.165) is 17.5 Å². The fourth-order valence-corrected chi connectivity index (χ4v) is 4.32. The maximum Gasteiger partial charge on any atom is 0.251 e. The minimum atomic E-state index is -0.470. The molecule has 29 heavy (non-hydrogen) atoms. The van der Waals surface area contributed by atoms with Crippen molar-refractivity contribution in [2.75, 3.05) is 25.7 Å². The Labute approximate surface area is 174 Å². The summed E-state index contributed by atoms with van der Waals surface area (Å²) < 4.78 is 10.8. The molecule has 2 aromatic carbocycles. The van der Waals surface area contributed by atoms with Crippen molar-refractivity contribution in [1.82, 2.24) is 4.90 Å². The van der Waals surface area contributed by atoms with Crippen LogP contribution in [0.1, 0.15) is 23.1 Å². The average molecular weight is 415 g/mol. The normalized spacial score (nSPS) is 19.4. The number of aryl methyl sites for hydroxylation is 1. The van der Waals surface area contributed by atoms with Crippen LogP contribution in [0.2, 0.25) is 5.02 Å². The minimum Gasteiger partial charge on any atom is -0.493 e. The lowest BCUT2D eigenvalue weighted by Gasteiger charge is -2.32. The molecule has 0 aromatic heterocycles. The molecule has 0 saturated carbocycles. The summed E-state index contributed by atoms with van der Waals surface area (Å²) in [4.78, 5) is 29.3. The molecule has 0 N–H and O–H groups in total. The molecule has 2 heterocycles. The van der Waals surface area contributed by atoms with Gasteiger partial charge in [0.2, 0.25) is 5.91 Å². The molecule has 2 amide bonds. The standard InChI is InChI=1S/C22H23ClN2O4/c1-13-4-5-16(23)10-17(13)25-21(26)11-18(22(25)27)24-7-6-14-8-19(28-2)20(29-3)9-15(14)12-24/h4-5,8-10,18H,6-7,11-12H2,1-3H3/t18-/m0/s1. The average Bonchev–Trinajstić information content (AvgIpc) is 3.02. The van der Waals surface area contributed by atoms with Gasteiger partial charge in [-0.15, -0.1) is 0 Å². The third-order valence-electron chi connectivity index (χ3n) is 5.72. The summed E-state index contributed by atoms with van der Waals surface area (Å²) in [6, 6.07) is 8.74. The largest absolute Gasteiger partial charge is 0.493 e. The molecule has 0 radical (unpaired) electrons. The van der Waals surface area contributed by atoms with E-state index in [0.29, 0.717) is 35.3 Å². The Hall–Kier alpha value is -2.57. The van der Waals surface area contributed by atoms with Crippen LogP contribution >= 0.6 is 11.6 Å². The molecule has 2 aliphatic heterocycles. The number of carbonyl (C=O) groups is 2. The summed E-state index contributed by atoms with van der Waals surface area (Å²) in [5.74, 6) is 0.986. The van der Waals surface area contributed by atoms with Crippen LogP contribution in [-0.4, -0.2) is 43.5 Å². The third kappa shape index (κ3) is 3.47. The lowest BCUT2D eigenvalue weighted by molar-refractivity contribution is -0.123. The Morgan fingerprint density at radius 1 is 1.03 bits per heavy atom. The number of ether oxygens (including phenoxy) is 2. The molecule has 4 rings (SSSR count). The number of rotatable bonds is 4. The highest BCUT2D eigenvalue weighted by atomic mass is 35.5. The van der Waals surface area contributed by atoms with E-state index in [4.69, 9.17) is 21.1 Å². The second-order valence-corrected chi connectivity index (χ2v) is 7.85. The van der Waals surface area contributed by atoms with Crippen molar-refractivity contribution < 1.29 is 19.1 Å². The van der Waals surface area contributed by atoms with Crippen molar-refractivity contribution in [2.45, 2.75) is 32.4 Å². The molecule has 7 heteroatoms. The number of methoxy groups -OCH3 is 2. The molecular formula is C22H23ClN2O4. The number of fused-ring (bicyclic) bond motifs is 1. The molecule has 6 nitrogen and oxygen atoms in total. The van der Waals surface area contributed by atoms with Gasteiger partial charge in [0.25, 0.3) is 5.91 Å². The molecule has 0 unspecified atom stereocenters. The van der Waals surface area contributed by atoms with Crippen LogP contribution in [0.15, 0.2) is 30.3 Å². The SMILES string of the molecule is COc1cc2c(cc1OC)CN([C@H]1CC(=O)N(c3cc(Cl)ccc3C)C1=O)CC2. The number of anilines is 1. The molecule has 152 valence electrons. The van der Waals surface area contributed by atoms with Gasteiger partial charge < -0.3 is 9.47 Å². The van der Waals surface area contributed by atoms with Crippen LogP contribution < -0.4 is 14.4 Å². The number of nitrogens with zero attached hydrogens (tertiary/aromatic N) is 2. The van der Waals surface area contributed by atoms with Gasteiger partial charge in [-0.25, -0.2) is 4.90 Å². The first kappa shape index (κ1) is 19.7. The fourth-order valence-electron chi connectivity index (χ4n) is 4.15. The third-order valence-corrected chi connectivity index (χ3v) is 5.96. The van der Waals surface area contributed by atoms with E-state index in [1.54, 1.807) is 26.4 Å². The molecule has 2 aromatic rings. The quantitative estimate of drug-likeness (QED) is 0.718. The molecule has 1 saturated heterocycles. The van der Waals surface area contributed by atoms with E-state index in [-0.39, 0.29) is 18.2 Å². The van der Waals surface area contributed by atoms with E-state index in [9.17, 15) is 9.59 Å². The van der Waals surface area contributed by atoms with Crippen LogP contribution in [0.25, 0.3) is 0 Å². The maximum absolute atomic E-state index is 13.2. The van der Waals surface area contributed by atoms with Crippen molar-refractivity contribution >= 4 is 29.1 Å². The molecular weight excluding hydrogens is 392 g/mol. The van der Waals surface area contributed by atoms with Gasteiger partial charge in [-0.3, -0.25) is 14.5 Å². The molecule has 1 fully saturated rings. The predicted molar refractivity (Wildman–Crippen MR) is 111 cm³/mol. The Kier molecular flexibility index (Phi) is 5.23. The number of hydrogen-bond acceptors (Lipinski definition) is 5. The van der Waals surface area contributed by atoms with Crippen molar-refractivity contribution in [3.63, 3.8) is 0 Å². The second kappa shape index (κ2) is 7.69. The predicted octanol–water partition coefficient (Wildman–Crippen LogP) is 3.36. The van der Waals surface area contributed by atoms with E-state index >= 15 is 0 Å². The number of benzene rings is 2. The van der Waals surface area contributed by atoms with Crippen LogP contribution in [-0.2, 0) is 22.6 Å². The Morgan fingerprint density at radius 3 is 2.41 bits per heavy atom. The number of hydrogen-bond donors (Lipinski definition) is 0. The van der Waals surface area contributed by atoms with Gasteiger partial charge in [-0.2, -0.15) is 0 Å². The van der Waals surface area contributed by atoms with Crippen molar-refractivity contribution in [3.05, 3.63) is 52.0 Å². The maximum atomic E-state index is 13.2. The molecule has 2 aliphatic rings. The zero-order valence-electron chi connectivity index (χ0n) is 16.7. The highest BCUT2D eigenvalue weighted by Gasteiger charge is 2.43. The summed E-state index contributed by atoms with van der Waals surface area (Å²) in [6.45, 7) is 3.16. The highest BCUT2D eigenvalue weighted by molar-refractivity contribution is 6.31. The van der Waals surface area contributed by atoms with Crippen LogP contribution in [0.4, 0.5) is 5.69 Å². The Morgan fingerprint density at radius 2 is 1.72 bits per heavy atom. The van der Waals surface area contributed by atoms with Gasteiger partial charge >= 0.3 is 0 Å². The summed E-state index contributed by atoms with van der Waals surface area (Å²) in [5.41, 5.74) is 3.68. The summed E-state index contributed by atoms with van der Waals surface area (Å²) in [7, 11) is 3.23. The van der Waals surface area contributed by atoms with Crippen LogP contribution in [0.3, 0.4) is 0 Å². The molecule has 0 aliphatic carbocycles. The van der Waals surface area contributed by atoms with Crippen LogP contribution in [0.5, 0.6) is 11.5 Å². The van der Waals surface area contributed by atoms with Crippen molar-refractivity contribution in [2.24, 2.45) is 0 Å². The molecule has 0 bridgehead atoms. The Balaban J connectivity index is 1.60. The van der Waals surface area contributed by atoms with E-state index in [1.165, 1.54) is 10.5 Å². The second-order valence-electron chi connectivity index (χ2n) is 7.41. The smallest absolute Gasteiger partial charge is 0.251 e. The number of carbonyl (C=O) groups excluding carboxylic acids is 2.